The minimum absolute atomic E-state index is 0.642. The van der Waals surface area contributed by atoms with Crippen molar-refractivity contribution in [2.45, 2.75) is 59.3 Å². The zero-order chi connectivity index (χ0) is 18.8. The third-order valence-electron chi connectivity index (χ3n) is 4.77. The minimum Gasteiger partial charge on any atom is -0.493 e. The maximum atomic E-state index is 8.85. The van der Waals surface area contributed by atoms with E-state index in [9.17, 15) is 0 Å². The van der Waals surface area contributed by atoms with Crippen molar-refractivity contribution in [2.24, 2.45) is 0 Å². The summed E-state index contributed by atoms with van der Waals surface area (Å²) < 4.78 is 6.00. The molecule has 2 aromatic rings. The molecule has 3 nitrogen and oxygen atoms in total. The van der Waals surface area contributed by atoms with Crippen LogP contribution in [-0.4, -0.2) is 30.4 Å². The van der Waals surface area contributed by atoms with Crippen molar-refractivity contribution in [3.05, 3.63) is 42.0 Å². The Morgan fingerprint density at radius 1 is 0.846 bits per heavy atom. The van der Waals surface area contributed by atoms with Gasteiger partial charge in [-0.3, -0.25) is 5.41 Å². The van der Waals surface area contributed by atoms with Gasteiger partial charge in [0.1, 0.15) is 11.6 Å². The monoisotopic (exact) mass is 354 g/mol. The van der Waals surface area contributed by atoms with Crippen molar-refractivity contribution in [3.8, 4) is 5.75 Å². The average molecular weight is 355 g/mol. The molecule has 0 bridgehead atoms. The number of benzene rings is 2. The maximum absolute atomic E-state index is 8.85. The number of hydrogen-bond acceptors (Lipinski definition) is 2. The summed E-state index contributed by atoms with van der Waals surface area (Å²) in [7, 11) is 0. The fraction of sp³-hybridized carbons (Fsp3) is 0.522. The Morgan fingerprint density at radius 2 is 1.46 bits per heavy atom. The summed E-state index contributed by atoms with van der Waals surface area (Å²) in [5.74, 6) is 1.57. The first-order valence-electron chi connectivity index (χ1n) is 10.2. The molecule has 0 amide bonds. The van der Waals surface area contributed by atoms with Gasteiger partial charge >= 0.3 is 0 Å². The zero-order valence-corrected chi connectivity index (χ0v) is 16.7. The lowest BCUT2D eigenvalue weighted by Crippen LogP contribution is -2.33. The van der Waals surface area contributed by atoms with E-state index in [1.165, 1.54) is 0 Å². The number of rotatable bonds is 11. The molecule has 0 atom stereocenters. The summed E-state index contributed by atoms with van der Waals surface area (Å²) in [6.07, 6.45) is 6.75. The van der Waals surface area contributed by atoms with Crippen molar-refractivity contribution >= 4 is 16.6 Å². The summed E-state index contributed by atoms with van der Waals surface area (Å²) in [6, 6.07) is 12.4. The van der Waals surface area contributed by atoms with E-state index < -0.39 is 0 Å². The molecule has 0 unspecified atom stereocenters. The Balaban J connectivity index is 2.32. The van der Waals surface area contributed by atoms with Crippen LogP contribution in [0.25, 0.3) is 10.8 Å². The summed E-state index contributed by atoms with van der Waals surface area (Å²) in [5, 5.41) is 11.1. The molecule has 3 heteroatoms. The number of amidine groups is 1. The second kappa shape index (κ2) is 10.8. The Hall–Kier alpha value is -2.03. The van der Waals surface area contributed by atoms with Crippen LogP contribution in [0.5, 0.6) is 5.75 Å². The highest BCUT2D eigenvalue weighted by atomic mass is 16.5. The van der Waals surface area contributed by atoms with Gasteiger partial charge in [0.2, 0.25) is 0 Å². The van der Waals surface area contributed by atoms with Crippen LogP contribution in [0.2, 0.25) is 0 Å². The van der Waals surface area contributed by atoms with Gasteiger partial charge in [0, 0.05) is 24.0 Å². The van der Waals surface area contributed by atoms with Crippen molar-refractivity contribution in [2.75, 3.05) is 19.7 Å². The third kappa shape index (κ3) is 5.23. The maximum Gasteiger partial charge on any atom is 0.128 e. The summed E-state index contributed by atoms with van der Waals surface area (Å²) in [5.41, 5.74) is 1.01. The number of fused-ring (bicyclic) bond motifs is 1. The van der Waals surface area contributed by atoms with Crippen molar-refractivity contribution in [1.82, 2.24) is 4.90 Å². The van der Waals surface area contributed by atoms with Crippen LogP contribution in [0.1, 0.15) is 64.9 Å². The van der Waals surface area contributed by atoms with Crippen LogP contribution < -0.4 is 4.74 Å². The fourth-order valence-corrected chi connectivity index (χ4v) is 3.13. The highest BCUT2D eigenvalue weighted by molar-refractivity contribution is 6.09. The lowest BCUT2D eigenvalue weighted by atomic mass is 10.0. The molecule has 2 aromatic carbocycles. The number of nitrogens with one attached hydrogen (secondary N) is 1. The molecular weight excluding hydrogens is 320 g/mol. The largest absolute Gasteiger partial charge is 0.493 e. The van der Waals surface area contributed by atoms with E-state index >= 15 is 0 Å². The van der Waals surface area contributed by atoms with Gasteiger partial charge in [-0.1, -0.05) is 64.3 Å². The molecule has 0 heterocycles. The van der Waals surface area contributed by atoms with Gasteiger partial charge in [0.25, 0.3) is 0 Å². The molecule has 142 valence electrons. The number of hydrogen-bond donors (Lipinski definition) is 1. The first-order valence-corrected chi connectivity index (χ1v) is 10.2. The fourth-order valence-electron chi connectivity index (χ4n) is 3.13. The number of nitrogens with zero attached hydrogens (tertiary/aromatic N) is 1. The van der Waals surface area contributed by atoms with E-state index in [0.717, 1.165) is 80.3 Å². The molecule has 0 radical (unpaired) electrons. The third-order valence-corrected chi connectivity index (χ3v) is 4.77. The molecule has 0 saturated heterocycles. The Bertz CT molecular complexity index is 688. The normalized spacial score (nSPS) is 10.9. The van der Waals surface area contributed by atoms with Gasteiger partial charge in [-0.05, 0) is 36.8 Å². The van der Waals surface area contributed by atoms with E-state index in [1.54, 1.807) is 0 Å². The van der Waals surface area contributed by atoms with Crippen LogP contribution in [0.4, 0.5) is 0 Å². The number of unbranched alkanes of at least 4 members (excludes halogenated alkanes) is 3. The highest BCUT2D eigenvalue weighted by Crippen LogP contribution is 2.29. The second-order valence-electron chi connectivity index (χ2n) is 6.90. The van der Waals surface area contributed by atoms with Crippen molar-refractivity contribution in [1.29, 1.82) is 5.41 Å². The summed E-state index contributed by atoms with van der Waals surface area (Å²) >= 11 is 0. The molecular formula is C23H34N2O. The Morgan fingerprint density at radius 3 is 2.08 bits per heavy atom. The van der Waals surface area contributed by atoms with Crippen LogP contribution in [-0.2, 0) is 0 Å². The standard InChI is InChI=1S/C23H34N2O/c1-4-7-16-25(17-8-5-2)23(24)21-14-15-22(26-18-9-6-3)20-13-11-10-12-19(20)21/h10-15,24H,4-9,16-18H2,1-3H3. The van der Waals surface area contributed by atoms with Crippen molar-refractivity contribution in [3.63, 3.8) is 0 Å². The molecule has 0 aliphatic rings. The van der Waals surface area contributed by atoms with Crippen molar-refractivity contribution < 1.29 is 4.74 Å². The van der Waals surface area contributed by atoms with Gasteiger partial charge in [-0.15, -0.1) is 0 Å². The molecule has 1 N–H and O–H groups in total. The van der Waals surface area contributed by atoms with Gasteiger partial charge in [-0.2, -0.15) is 0 Å². The molecule has 0 aliphatic carbocycles. The van der Waals surface area contributed by atoms with Gasteiger partial charge in [0.05, 0.1) is 6.61 Å². The van der Waals surface area contributed by atoms with Crippen LogP contribution in [0.15, 0.2) is 36.4 Å². The van der Waals surface area contributed by atoms with Gasteiger partial charge < -0.3 is 9.64 Å². The topological polar surface area (TPSA) is 36.3 Å². The van der Waals surface area contributed by atoms with Gasteiger partial charge in [0.15, 0.2) is 0 Å². The summed E-state index contributed by atoms with van der Waals surface area (Å²) in [6.45, 7) is 9.25. The quantitative estimate of drug-likeness (QED) is 0.294. The lowest BCUT2D eigenvalue weighted by Gasteiger charge is -2.26. The summed E-state index contributed by atoms with van der Waals surface area (Å²) in [4.78, 5) is 2.24. The SMILES string of the molecule is CCCCOc1ccc(C(=N)N(CCCC)CCCC)c2ccccc12. The first-order chi connectivity index (χ1) is 12.7. The van der Waals surface area contributed by atoms with E-state index in [4.69, 9.17) is 10.1 Å². The van der Waals surface area contributed by atoms with E-state index in [0.29, 0.717) is 5.84 Å². The second-order valence-corrected chi connectivity index (χ2v) is 6.90. The molecule has 0 aromatic heterocycles. The molecule has 0 spiro atoms. The predicted octanol–water partition coefficient (Wildman–Crippen LogP) is 6.25. The van der Waals surface area contributed by atoms with E-state index in [2.05, 4.69) is 49.9 Å². The Labute approximate surface area is 158 Å². The predicted molar refractivity (Wildman–Crippen MR) is 113 cm³/mol. The molecule has 0 aliphatic heterocycles. The molecule has 26 heavy (non-hydrogen) atoms. The van der Waals surface area contributed by atoms with E-state index in [1.807, 2.05) is 12.1 Å². The minimum atomic E-state index is 0.642. The van der Waals surface area contributed by atoms with E-state index in [-0.39, 0.29) is 0 Å². The van der Waals surface area contributed by atoms with Crippen LogP contribution >= 0.6 is 0 Å². The highest BCUT2D eigenvalue weighted by Gasteiger charge is 2.15. The lowest BCUT2D eigenvalue weighted by molar-refractivity contribution is 0.313. The number of ether oxygens (including phenoxy) is 1. The first kappa shape index (κ1) is 20.3. The van der Waals surface area contributed by atoms with Gasteiger partial charge in [-0.25, -0.2) is 0 Å². The average Bonchev–Trinajstić information content (AvgIpc) is 2.68. The van der Waals surface area contributed by atoms with Crippen LogP contribution in [0, 0.1) is 5.41 Å². The zero-order valence-electron chi connectivity index (χ0n) is 16.7. The van der Waals surface area contributed by atoms with Crippen LogP contribution in [0.3, 0.4) is 0 Å². The molecule has 2 rings (SSSR count). The molecule has 0 fully saturated rings. The molecule has 0 saturated carbocycles. The smallest absolute Gasteiger partial charge is 0.128 e. The Kier molecular flexibility index (Phi) is 8.46.